The fraction of sp³-hybridized carbons (Fsp3) is 0.480. The molecular formula is C25H33N3O5S. The molecule has 3 atom stereocenters. The number of aliphatic hydroxyl groups excluding tert-OH is 1. The molecule has 1 amide bonds. The summed E-state index contributed by atoms with van der Waals surface area (Å²) in [7, 11) is -1.60. The van der Waals surface area contributed by atoms with Gasteiger partial charge in [0, 0.05) is 38.8 Å². The maximum atomic E-state index is 13.2. The summed E-state index contributed by atoms with van der Waals surface area (Å²) >= 11 is 0. The molecule has 2 heterocycles. The Kier molecular flexibility index (Phi) is 7.57. The number of sulfonamides is 1. The van der Waals surface area contributed by atoms with E-state index >= 15 is 0 Å². The summed E-state index contributed by atoms with van der Waals surface area (Å²) in [5.41, 5.74) is 2.42. The van der Waals surface area contributed by atoms with E-state index in [1.807, 2.05) is 42.5 Å². The van der Waals surface area contributed by atoms with Gasteiger partial charge in [0.15, 0.2) is 0 Å². The van der Waals surface area contributed by atoms with E-state index in [1.54, 1.807) is 24.1 Å². The van der Waals surface area contributed by atoms with Crippen LogP contribution in [-0.4, -0.2) is 81.4 Å². The monoisotopic (exact) mass is 487 g/mol. The summed E-state index contributed by atoms with van der Waals surface area (Å²) in [6, 6.07) is 17.0. The van der Waals surface area contributed by atoms with E-state index in [1.165, 1.54) is 10.6 Å². The molecule has 2 aromatic rings. The molecule has 0 aromatic heterocycles. The number of fused-ring (bicyclic) bond motifs is 1. The summed E-state index contributed by atoms with van der Waals surface area (Å²) in [4.78, 5) is 17.1. The van der Waals surface area contributed by atoms with Crippen LogP contribution in [-0.2, 0) is 19.6 Å². The van der Waals surface area contributed by atoms with E-state index in [9.17, 15) is 18.3 Å². The molecule has 1 saturated heterocycles. The quantitative estimate of drug-likeness (QED) is 0.614. The van der Waals surface area contributed by atoms with Gasteiger partial charge in [-0.3, -0.25) is 14.0 Å². The number of carbonyl (C=O) groups excluding carboxylic acids is 1. The first-order chi connectivity index (χ1) is 16.2. The lowest BCUT2D eigenvalue weighted by Crippen LogP contribution is -2.41. The first-order valence-corrected chi connectivity index (χ1v) is 13.5. The second-order valence-electron chi connectivity index (χ2n) is 9.12. The van der Waals surface area contributed by atoms with Crippen LogP contribution in [0.2, 0.25) is 0 Å². The predicted molar refractivity (Wildman–Crippen MR) is 131 cm³/mol. The van der Waals surface area contributed by atoms with Crippen molar-refractivity contribution < 1.29 is 23.1 Å². The van der Waals surface area contributed by atoms with E-state index in [0.717, 1.165) is 24.1 Å². The Morgan fingerprint density at radius 2 is 1.82 bits per heavy atom. The fourth-order valence-electron chi connectivity index (χ4n) is 4.81. The van der Waals surface area contributed by atoms with Gasteiger partial charge in [0.2, 0.25) is 15.9 Å². The summed E-state index contributed by atoms with van der Waals surface area (Å²) in [5, 5.41) is 9.93. The molecule has 9 heteroatoms. The summed E-state index contributed by atoms with van der Waals surface area (Å²) in [6.07, 6.45) is 1.75. The molecule has 2 aromatic carbocycles. The second-order valence-corrected chi connectivity index (χ2v) is 11.0. The van der Waals surface area contributed by atoms with Gasteiger partial charge in [-0.25, -0.2) is 8.42 Å². The summed E-state index contributed by atoms with van der Waals surface area (Å²) < 4.78 is 31.8. The molecule has 8 nitrogen and oxygen atoms in total. The average molecular weight is 488 g/mol. The van der Waals surface area contributed by atoms with Crippen molar-refractivity contribution in [2.45, 2.75) is 31.1 Å². The predicted octanol–water partition coefficient (Wildman–Crippen LogP) is 2.18. The van der Waals surface area contributed by atoms with Crippen LogP contribution in [0.4, 0.5) is 5.69 Å². The van der Waals surface area contributed by atoms with Gasteiger partial charge in [-0.15, -0.1) is 0 Å². The highest BCUT2D eigenvalue weighted by atomic mass is 32.2. The van der Waals surface area contributed by atoms with Gasteiger partial charge in [0.1, 0.15) is 6.61 Å². The molecule has 184 valence electrons. The van der Waals surface area contributed by atoms with Crippen LogP contribution in [0.1, 0.15) is 36.1 Å². The van der Waals surface area contributed by atoms with Crippen LogP contribution < -0.4 is 4.31 Å². The molecule has 1 N–H and O–H groups in total. The van der Waals surface area contributed by atoms with Crippen molar-refractivity contribution in [1.82, 2.24) is 9.80 Å². The number of aliphatic hydroxyl groups is 1. The average Bonchev–Trinajstić information content (AvgIpc) is 3.24. The number of benzene rings is 2. The van der Waals surface area contributed by atoms with Crippen LogP contribution in [0.15, 0.2) is 54.6 Å². The third-order valence-corrected chi connectivity index (χ3v) is 7.86. The number of para-hydroxylation sites is 1. The van der Waals surface area contributed by atoms with Gasteiger partial charge in [0.25, 0.3) is 0 Å². The Morgan fingerprint density at radius 1 is 1.12 bits per heavy atom. The number of hydrogen-bond donors (Lipinski definition) is 1. The molecule has 2 aliphatic heterocycles. The number of ether oxygens (including phenoxy) is 1. The van der Waals surface area contributed by atoms with Gasteiger partial charge in [-0.1, -0.05) is 48.5 Å². The zero-order valence-corrected chi connectivity index (χ0v) is 20.5. The first kappa shape index (κ1) is 24.7. The van der Waals surface area contributed by atoms with Crippen molar-refractivity contribution in [1.29, 1.82) is 0 Å². The van der Waals surface area contributed by atoms with E-state index in [2.05, 4.69) is 4.90 Å². The topological polar surface area (TPSA) is 90.4 Å². The van der Waals surface area contributed by atoms with E-state index < -0.39 is 10.0 Å². The van der Waals surface area contributed by atoms with Crippen molar-refractivity contribution in [2.24, 2.45) is 0 Å². The third kappa shape index (κ3) is 5.60. The summed E-state index contributed by atoms with van der Waals surface area (Å²) in [5.74, 6) is -0.142. The molecule has 2 aliphatic rings. The second kappa shape index (κ2) is 10.4. The molecular weight excluding hydrogens is 454 g/mol. The first-order valence-electron chi connectivity index (χ1n) is 11.6. The molecule has 4 rings (SSSR count). The normalized spacial score (nSPS) is 21.8. The lowest BCUT2D eigenvalue weighted by atomic mass is 10.0. The molecule has 0 aliphatic carbocycles. The number of β-amino-alcohol motifs (C(OH)–C–C–N with tert-alkyl or cyclic N) is 1. The van der Waals surface area contributed by atoms with Crippen molar-refractivity contribution >= 4 is 21.6 Å². The van der Waals surface area contributed by atoms with Crippen molar-refractivity contribution in [3.8, 4) is 0 Å². The third-order valence-electron chi connectivity index (χ3n) is 6.68. The Bertz CT molecular complexity index is 1090. The van der Waals surface area contributed by atoms with Crippen LogP contribution in [0.3, 0.4) is 0 Å². The number of hydrogen-bond acceptors (Lipinski definition) is 6. The highest BCUT2D eigenvalue weighted by molar-refractivity contribution is 7.92. The van der Waals surface area contributed by atoms with Crippen LogP contribution in [0.25, 0.3) is 0 Å². The minimum absolute atomic E-state index is 0.0969. The van der Waals surface area contributed by atoms with E-state index in [4.69, 9.17) is 4.74 Å². The number of carbonyl (C=O) groups is 1. The van der Waals surface area contributed by atoms with Gasteiger partial charge >= 0.3 is 0 Å². The van der Waals surface area contributed by atoms with E-state index in [0.29, 0.717) is 31.7 Å². The maximum Gasteiger partial charge on any atom is 0.248 e. The zero-order valence-electron chi connectivity index (χ0n) is 19.7. The zero-order chi connectivity index (χ0) is 24.3. The lowest BCUT2D eigenvalue weighted by Gasteiger charge is -2.35. The van der Waals surface area contributed by atoms with Gasteiger partial charge in [-0.05, 0) is 24.5 Å². The maximum absolute atomic E-state index is 13.2. The number of amides is 1. The van der Waals surface area contributed by atoms with Crippen molar-refractivity contribution in [2.75, 3.05) is 50.4 Å². The van der Waals surface area contributed by atoms with Gasteiger partial charge in [-0.2, -0.15) is 0 Å². The standard InChI is InChI=1S/C25H33N3O5S/c1-26(23(19-8-4-3-5-9-19)17-27-14-12-20(29)16-27)25(30)18-33-24-13-15-28(34(2,31)32)22-11-7-6-10-21(22)24/h3-11,20,23-24,29H,12-18H2,1-2H3/t20-,23+,24?/m0/s1. The number of likely N-dealkylation sites (tertiary alicyclic amines) is 1. The van der Waals surface area contributed by atoms with Crippen LogP contribution in [0.5, 0.6) is 0 Å². The molecule has 1 unspecified atom stereocenters. The highest BCUT2D eigenvalue weighted by Gasteiger charge is 2.32. The number of nitrogens with zero attached hydrogens (tertiary/aromatic N) is 3. The number of rotatable bonds is 8. The molecule has 34 heavy (non-hydrogen) atoms. The van der Waals surface area contributed by atoms with Crippen LogP contribution >= 0.6 is 0 Å². The van der Waals surface area contributed by atoms with Crippen LogP contribution in [0, 0.1) is 0 Å². The van der Waals surface area contributed by atoms with Gasteiger partial charge < -0.3 is 14.7 Å². The Balaban J connectivity index is 1.45. The highest BCUT2D eigenvalue weighted by Crippen LogP contribution is 2.37. The number of likely N-dealkylation sites (N-methyl/N-ethyl adjacent to an activating group) is 1. The van der Waals surface area contributed by atoms with Crippen molar-refractivity contribution in [3.63, 3.8) is 0 Å². The Hall–Kier alpha value is -2.46. The van der Waals surface area contributed by atoms with E-state index in [-0.39, 0.29) is 30.8 Å². The fourth-order valence-corrected chi connectivity index (χ4v) is 5.77. The smallest absolute Gasteiger partial charge is 0.248 e. The molecule has 0 radical (unpaired) electrons. The minimum Gasteiger partial charge on any atom is -0.392 e. The molecule has 0 spiro atoms. The molecule has 0 bridgehead atoms. The molecule has 0 saturated carbocycles. The Morgan fingerprint density at radius 3 is 2.50 bits per heavy atom. The Labute approximate surface area is 201 Å². The minimum atomic E-state index is -3.38. The number of anilines is 1. The largest absolute Gasteiger partial charge is 0.392 e. The SMILES string of the molecule is CN(C(=O)COC1CCN(S(C)(=O)=O)c2ccccc21)[C@H](CN1CC[C@H](O)C1)c1ccccc1. The van der Waals surface area contributed by atoms with Crippen molar-refractivity contribution in [3.05, 3.63) is 65.7 Å². The summed E-state index contributed by atoms with van der Waals surface area (Å²) in [6.45, 7) is 2.27. The lowest BCUT2D eigenvalue weighted by molar-refractivity contribution is -0.139. The van der Waals surface area contributed by atoms with Gasteiger partial charge in [0.05, 0.1) is 30.2 Å². The molecule has 1 fully saturated rings.